The summed E-state index contributed by atoms with van der Waals surface area (Å²) in [5.74, 6) is 1.26. The Bertz CT molecular complexity index is 563. The van der Waals surface area contributed by atoms with Gasteiger partial charge in [0.1, 0.15) is 5.75 Å². The average molecular weight is 244 g/mol. The lowest BCUT2D eigenvalue weighted by molar-refractivity contribution is 0.360. The van der Waals surface area contributed by atoms with E-state index in [-0.39, 0.29) is 6.04 Å². The molecule has 1 aliphatic carbocycles. The van der Waals surface area contributed by atoms with Gasteiger partial charge in [-0.1, -0.05) is 17.3 Å². The fourth-order valence-electron chi connectivity index (χ4n) is 2.57. The summed E-state index contributed by atoms with van der Waals surface area (Å²) in [7, 11) is 0. The Morgan fingerprint density at radius 3 is 3.17 bits per heavy atom. The minimum absolute atomic E-state index is 0.289. The molecular formula is C14H16N2O2. The lowest BCUT2D eigenvalue weighted by Gasteiger charge is -2.12. The van der Waals surface area contributed by atoms with E-state index in [0.717, 1.165) is 29.9 Å². The van der Waals surface area contributed by atoms with Crippen molar-refractivity contribution in [2.75, 3.05) is 0 Å². The van der Waals surface area contributed by atoms with Gasteiger partial charge in [-0.25, -0.2) is 0 Å². The molecular weight excluding hydrogens is 228 g/mol. The third-order valence-electron chi connectivity index (χ3n) is 3.45. The molecule has 4 nitrogen and oxygen atoms in total. The van der Waals surface area contributed by atoms with Crippen LogP contribution in [0.1, 0.15) is 35.0 Å². The van der Waals surface area contributed by atoms with Crippen molar-refractivity contribution in [2.45, 2.75) is 32.4 Å². The van der Waals surface area contributed by atoms with E-state index in [1.165, 1.54) is 5.56 Å². The summed E-state index contributed by atoms with van der Waals surface area (Å²) in [6, 6.07) is 7.95. The van der Waals surface area contributed by atoms with Crippen molar-refractivity contribution in [3.8, 4) is 5.75 Å². The predicted molar refractivity (Wildman–Crippen MR) is 67.2 cm³/mol. The Kier molecular flexibility index (Phi) is 2.80. The summed E-state index contributed by atoms with van der Waals surface area (Å²) in [6.07, 6.45) is 1.94. The summed E-state index contributed by atoms with van der Waals surface area (Å²) >= 11 is 0. The molecule has 0 saturated heterocycles. The molecule has 1 aromatic heterocycles. The Balaban J connectivity index is 1.71. The van der Waals surface area contributed by atoms with E-state index in [4.69, 9.17) is 4.52 Å². The van der Waals surface area contributed by atoms with Gasteiger partial charge in [-0.05, 0) is 37.0 Å². The Hall–Kier alpha value is -1.81. The SMILES string of the molecule is Cc1cc(CNC2CCc3c(O)cccc32)on1. The van der Waals surface area contributed by atoms with Crippen molar-refractivity contribution in [2.24, 2.45) is 0 Å². The van der Waals surface area contributed by atoms with Gasteiger partial charge in [0.2, 0.25) is 0 Å². The minimum Gasteiger partial charge on any atom is -0.508 e. The van der Waals surface area contributed by atoms with Gasteiger partial charge in [-0.15, -0.1) is 0 Å². The average Bonchev–Trinajstić information content (AvgIpc) is 2.94. The molecule has 0 bridgehead atoms. The largest absolute Gasteiger partial charge is 0.508 e. The minimum atomic E-state index is 0.289. The molecule has 0 saturated carbocycles. The molecule has 1 aliphatic rings. The molecule has 0 spiro atoms. The van der Waals surface area contributed by atoms with Crippen LogP contribution in [0.4, 0.5) is 0 Å². The van der Waals surface area contributed by atoms with Crippen molar-refractivity contribution in [1.82, 2.24) is 10.5 Å². The van der Waals surface area contributed by atoms with E-state index in [1.54, 1.807) is 6.07 Å². The maximum absolute atomic E-state index is 9.78. The highest BCUT2D eigenvalue weighted by molar-refractivity contribution is 5.44. The van der Waals surface area contributed by atoms with Gasteiger partial charge in [0.25, 0.3) is 0 Å². The number of aryl methyl sites for hydroxylation is 1. The molecule has 1 heterocycles. The van der Waals surface area contributed by atoms with E-state index in [9.17, 15) is 5.11 Å². The van der Waals surface area contributed by atoms with Crippen LogP contribution in [0.25, 0.3) is 0 Å². The molecule has 0 radical (unpaired) electrons. The van der Waals surface area contributed by atoms with Crippen LogP contribution in [-0.4, -0.2) is 10.3 Å². The summed E-state index contributed by atoms with van der Waals surface area (Å²) in [4.78, 5) is 0. The van der Waals surface area contributed by atoms with Gasteiger partial charge < -0.3 is 14.9 Å². The number of hydrogen-bond donors (Lipinski definition) is 2. The van der Waals surface area contributed by atoms with Gasteiger partial charge in [0, 0.05) is 12.1 Å². The van der Waals surface area contributed by atoms with Crippen LogP contribution < -0.4 is 5.32 Å². The zero-order valence-electron chi connectivity index (χ0n) is 10.3. The van der Waals surface area contributed by atoms with E-state index in [1.807, 2.05) is 19.1 Å². The first-order valence-electron chi connectivity index (χ1n) is 6.20. The molecule has 94 valence electrons. The van der Waals surface area contributed by atoms with Crippen LogP contribution in [0, 0.1) is 6.92 Å². The normalized spacial score (nSPS) is 17.9. The second kappa shape index (κ2) is 4.46. The maximum atomic E-state index is 9.78. The van der Waals surface area contributed by atoms with Crippen molar-refractivity contribution in [3.05, 3.63) is 46.8 Å². The predicted octanol–water partition coefficient (Wildman–Crippen LogP) is 2.47. The quantitative estimate of drug-likeness (QED) is 0.870. The van der Waals surface area contributed by atoms with Crippen LogP contribution in [0.5, 0.6) is 5.75 Å². The number of aromatic nitrogens is 1. The number of aromatic hydroxyl groups is 1. The first-order chi connectivity index (χ1) is 8.74. The van der Waals surface area contributed by atoms with Crippen LogP contribution in [0.3, 0.4) is 0 Å². The third-order valence-corrected chi connectivity index (χ3v) is 3.45. The summed E-state index contributed by atoms with van der Waals surface area (Å²) < 4.78 is 5.17. The number of phenolic OH excluding ortho intramolecular Hbond substituents is 1. The van der Waals surface area contributed by atoms with Gasteiger partial charge in [0.05, 0.1) is 12.2 Å². The zero-order chi connectivity index (χ0) is 12.5. The van der Waals surface area contributed by atoms with Crippen molar-refractivity contribution >= 4 is 0 Å². The molecule has 0 amide bonds. The monoisotopic (exact) mass is 244 g/mol. The molecule has 2 aromatic rings. The van der Waals surface area contributed by atoms with Crippen molar-refractivity contribution in [1.29, 1.82) is 0 Å². The number of hydrogen-bond acceptors (Lipinski definition) is 4. The lowest BCUT2D eigenvalue weighted by atomic mass is 10.1. The molecule has 1 atom stereocenters. The van der Waals surface area contributed by atoms with Gasteiger partial charge in [0.15, 0.2) is 5.76 Å². The maximum Gasteiger partial charge on any atom is 0.150 e. The molecule has 0 fully saturated rings. The van der Waals surface area contributed by atoms with Crippen LogP contribution in [0.2, 0.25) is 0 Å². The van der Waals surface area contributed by atoms with Crippen LogP contribution >= 0.6 is 0 Å². The fourth-order valence-corrected chi connectivity index (χ4v) is 2.57. The number of phenols is 1. The van der Waals surface area contributed by atoms with E-state index in [2.05, 4.69) is 16.5 Å². The number of rotatable bonds is 3. The lowest BCUT2D eigenvalue weighted by Crippen LogP contribution is -2.18. The van der Waals surface area contributed by atoms with Gasteiger partial charge in [-0.2, -0.15) is 0 Å². The molecule has 1 unspecified atom stereocenters. The number of nitrogens with zero attached hydrogens (tertiary/aromatic N) is 1. The number of fused-ring (bicyclic) bond motifs is 1. The van der Waals surface area contributed by atoms with Gasteiger partial charge in [-0.3, -0.25) is 0 Å². The first-order valence-corrected chi connectivity index (χ1v) is 6.20. The summed E-state index contributed by atoms with van der Waals surface area (Å²) in [5.41, 5.74) is 3.17. The smallest absolute Gasteiger partial charge is 0.150 e. The zero-order valence-corrected chi connectivity index (χ0v) is 10.3. The standard InChI is InChI=1S/C14H16N2O2/c1-9-7-10(18-16-9)8-15-13-6-5-12-11(13)3-2-4-14(12)17/h2-4,7,13,15,17H,5-6,8H2,1H3. The fraction of sp³-hybridized carbons (Fsp3) is 0.357. The van der Waals surface area contributed by atoms with Gasteiger partial charge >= 0.3 is 0 Å². The number of benzene rings is 1. The van der Waals surface area contributed by atoms with Crippen molar-refractivity contribution in [3.63, 3.8) is 0 Å². The number of nitrogens with one attached hydrogen (secondary N) is 1. The first kappa shape index (κ1) is 11.3. The summed E-state index contributed by atoms with van der Waals surface area (Å²) in [6.45, 7) is 2.58. The molecule has 4 heteroatoms. The molecule has 2 N–H and O–H groups in total. The second-order valence-electron chi connectivity index (χ2n) is 4.75. The topological polar surface area (TPSA) is 58.3 Å². The molecule has 1 aromatic carbocycles. The van der Waals surface area contributed by atoms with Crippen LogP contribution in [-0.2, 0) is 13.0 Å². The Labute approximate surface area is 106 Å². The van der Waals surface area contributed by atoms with E-state index >= 15 is 0 Å². The van der Waals surface area contributed by atoms with E-state index < -0.39 is 0 Å². The Morgan fingerprint density at radius 2 is 2.39 bits per heavy atom. The molecule has 0 aliphatic heterocycles. The Morgan fingerprint density at radius 1 is 1.50 bits per heavy atom. The highest BCUT2D eigenvalue weighted by Gasteiger charge is 2.24. The van der Waals surface area contributed by atoms with Crippen molar-refractivity contribution < 1.29 is 9.63 Å². The molecule has 3 rings (SSSR count). The van der Waals surface area contributed by atoms with Crippen LogP contribution in [0.15, 0.2) is 28.8 Å². The summed E-state index contributed by atoms with van der Waals surface area (Å²) in [5, 5.41) is 17.1. The second-order valence-corrected chi connectivity index (χ2v) is 4.75. The highest BCUT2D eigenvalue weighted by Crippen LogP contribution is 2.36. The molecule has 18 heavy (non-hydrogen) atoms. The highest BCUT2D eigenvalue weighted by atomic mass is 16.5. The third kappa shape index (κ3) is 1.99. The van der Waals surface area contributed by atoms with E-state index in [0.29, 0.717) is 12.3 Å².